The molecule has 8 heteroatoms. The van der Waals surface area contributed by atoms with Crippen LogP contribution in [0, 0.1) is 6.92 Å². The molecule has 0 radical (unpaired) electrons. The van der Waals surface area contributed by atoms with Crippen molar-refractivity contribution in [1.82, 2.24) is 10.2 Å². The molecule has 2 rings (SSSR count). The van der Waals surface area contributed by atoms with Gasteiger partial charge in [-0.05, 0) is 26.0 Å². The van der Waals surface area contributed by atoms with Crippen molar-refractivity contribution in [3.8, 4) is 0 Å². The minimum absolute atomic E-state index is 0.00355. The summed E-state index contributed by atoms with van der Waals surface area (Å²) in [5.74, 6) is 1.58. The highest BCUT2D eigenvalue weighted by Gasteiger charge is 2.36. The second-order valence-corrected chi connectivity index (χ2v) is 8.52. The summed E-state index contributed by atoms with van der Waals surface area (Å²) in [4.78, 5) is 14.0. The summed E-state index contributed by atoms with van der Waals surface area (Å²) in [6.07, 6.45) is 1.23. The van der Waals surface area contributed by atoms with Crippen molar-refractivity contribution in [2.45, 2.75) is 25.8 Å². The van der Waals surface area contributed by atoms with E-state index in [9.17, 15) is 13.2 Å². The Hall–Kier alpha value is -1.38. The Balaban J connectivity index is 2.04. The number of ether oxygens (including phenoxy) is 1. The molecule has 2 atom stereocenters. The molecule has 1 amide bonds. The lowest BCUT2D eigenvalue weighted by Gasteiger charge is -2.18. The predicted molar refractivity (Wildman–Crippen MR) is 90.8 cm³/mol. The molecule has 1 aromatic rings. The fraction of sp³-hybridized carbons (Fsp3) is 0.688. The fourth-order valence-corrected chi connectivity index (χ4v) is 3.48. The first-order valence-corrected chi connectivity index (χ1v) is 10.2. The monoisotopic (exact) mass is 358 g/mol. The molecular formula is C16H26N2O5S. The average molecular weight is 358 g/mol. The van der Waals surface area contributed by atoms with Crippen LogP contribution in [0.2, 0.25) is 0 Å². The summed E-state index contributed by atoms with van der Waals surface area (Å²) < 4.78 is 33.6. The maximum absolute atomic E-state index is 12.0. The van der Waals surface area contributed by atoms with E-state index >= 15 is 0 Å². The first kappa shape index (κ1) is 19.0. The van der Waals surface area contributed by atoms with Crippen molar-refractivity contribution >= 4 is 15.7 Å². The maximum atomic E-state index is 12.0. The number of carbonyl (C=O) groups excluding carboxylic acids is 1. The van der Waals surface area contributed by atoms with Gasteiger partial charge in [-0.3, -0.25) is 9.69 Å². The molecule has 7 nitrogen and oxygen atoms in total. The van der Waals surface area contributed by atoms with Crippen LogP contribution in [0.4, 0.5) is 0 Å². The number of hydrogen-bond acceptors (Lipinski definition) is 6. The molecule has 0 unspecified atom stereocenters. The SMILES string of the molecule is CCOCC(=O)N[C@H]1CN(CCS(C)(=O)=O)C[C@@H]1c1ccc(C)o1. The van der Waals surface area contributed by atoms with Crippen molar-refractivity contribution in [2.24, 2.45) is 0 Å². The molecule has 1 fully saturated rings. The van der Waals surface area contributed by atoms with Crippen LogP contribution in [-0.2, 0) is 19.4 Å². The lowest BCUT2D eigenvalue weighted by Crippen LogP contribution is -2.41. The van der Waals surface area contributed by atoms with Gasteiger partial charge >= 0.3 is 0 Å². The number of furan rings is 1. The minimum atomic E-state index is -3.01. The van der Waals surface area contributed by atoms with Crippen molar-refractivity contribution in [1.29, 1.82) is 0 Å². The van der Waals surface area contributed by atoms with Crippen LogP contribution in [0.3, 0.4) is 0 Å². The lowest BCUT2D eigenvalue weighted by atomic mass is 10.0. The third-order valence-corrected chi connectivity index (χ3v) is 5.01. The molecule has 1 aliphatic rings. The molecule has 0 saturated carbocycles. The molecule has 1 aliphatic heterocycles. The topological polar surface area (TPSA) is 88.9 Å². The van der Waals surface area contributed by atoms with Crippen LogP contribution in [0.25, 0.3) is 0 Å². The molecule has 0 bridgehead atoms. The number of carbonyl (C=O) groups is 1. The summed E-state index contributed by atoms with van der Waals surface area (Å²) in [5, 5.41) is 2.98. The molecular weight excluding hydrogens is 332 g/mol. The van der Waals surface area contributed by atoms with E-state index in [0.717, 1.165) is 11.5 Å². The van der Waals surface area contributed by atoms with Crippen LogP contribution >= 0.6 is 0 Å². The molecule has 0 aromatic carbocycles. The Bertz CT molecular complexity index is 655. The van der Waals surface area contributed by atoms with Crippen LogP contribution in [-0.4, -0.2) is 70.1 Å². The number of rotatable bonds is 8. The highest BCUT2D eigenvalue weighted by Crippen LogP contribution is 2.29. The largest absolute Gasteiger partial charge is 0.466 e. The third-order valence-electron chi connectivity index (χ3n) is 4.08. The molecule has 0 aliphatic carbocycles. The lowest BCUT2D eigenvalue weighted by molar-refractivity contribution is -0.126. The zero-order chi connectivity index (χ0) is 17.7. The predicted octanol–water partition coefficient (Wildman–Crippen LogP) is 0.553. The molecule has 1 aromatic heterocycles. The van der Waals surface area contributed by atoms with Crippen LogP contribution in [0.5, 0.6) is 0 Å². The smallest absolute Gasteiger partial charge is 0.246 e. The summed E-state index contributed by atoms with van der Waals surface area (Å²) in [6.45, 7) is 5.93. The molecule has 1 saturated heterocycles. The number of amides is 1. The van der Waals surface area contributed by atoms with E-state index in [1.807, 2.05) is 26.0 Å². The van der Waals surface area contributed by atoms with Crippen molar-refractivity contribution in [3.63, 3.8) is 0 Å². The Labute approximate surface area is 143 Å². The summed E-state index contributed by atoms with van der Waals surface area (Å²) in [7, 11) is -3.01. The normalized spacial score (nSPS) is 22.0. The van der Waals surface area contributed by atoms with Gasteiger partial charge in [0.2, 0.25) is 5.91 Å². The van der Waals surface area contributed by atoms with Gasteiger partial charge in [-0.25, -0.2) is 8.42 Å². The minimum Gasteiger partial charge on any atom is -0.466 e. The Kier molecular flexibility index (Phi) is 6.42. The van der Waals surface area contributed by atoms with Gasteiger partial charge < -0.3 is 14.5 Å². The quantitative estimate of drug-likeness (QED) is 0.730. The molecule has 24 heavy (non-hydrogen) atoms. The van der Waals surface area contributed by atoms with Crippen LogP contribution in [0.15, 0.2) is 16.5 Å². The van der Waals surface area contributed by atoms with Gasteiger partial charge in [0.1, 0.15) is 28.0 Å². The van der Waals surface area contributed by atoms with Gasteiger partial charge in [0.15, 0.2) is 0 Å². The zero-order valence-corrected chi connectivity index (χ0v) is 15.3. The number of sulfone groups is 1. The highest BCUT2D eigenvalue weighted by molar-refractivity contribution is 7.90. The standard InChI is InChI=1S/C16H26N2O5S/c1-4-22-11-16(19)17-14-10-18(7-8-24(3,20)21)9-13(14)15-6-5-12(2)23-15/h5-6,13-14H,4,7-11H2,1-3H3,(H,17,19)/t13-,14-/m0/s1. The van der Waals surface area contributed by atoms with E-state index in [4.69, 9.17) is 9.15 Å². The Morgan fingerprint density at radius 2 is 2.17 bits per heavy atom. The van der Waals surface area contributed by atoms with Crippen molar-refractivity contribution in [3.05, 3.63) is 23.7 Å². The number of hydrogen-bond donors (Lipinski definition) is 1. The first-order chi connectivity index (χ1) is 11.3. The molecule has 1 N–H and O–H groups in total. The van der Waals surface area contributed by atoms with Gasteiger partial charge in [-0.2, -0.15) is 0 Å². The van der Waals surface area contributed by atoms with Gasteiger partial charge in [0.05, 0.1) is 17.7 Å². The van der Waals surface area contributed by atoms with E-state index in [-0.39, 0.29) is 30.2 Å². The van der Waals surface area contributed by atoms with E-state index in [0.29, 0.717) is 26.2 Å². The number of likely N-dealkylation sites (tertiary alicyclic amines) is 1. The summed E-state index contributed by atoms with van der Waals surface area (Å²) in [6, 6.07) is 3.69. The Morgan fingerprint density at radius 1 is 1.42 bits per heavy atom. The van der Waals surface area contributed by atoms with Crippen LogP contribution in [0.1, 0.15) is 24.4 Å². The van der Waals surface area contributed by atoms with E-state index < -0.39 is 9.84 Å². The second-order valence-electron chi connectivity index (χ2n) is 6.26. The van der Waals surface area contributed by atoms with Gasteiger partial charge in [-0.1, -0.05) is 0 Å². The van der Waals surface area contributed by atoms with E-state index in [1.54, 1.807) is 0 Å². The summed E-state index contributed by atoms with van der Waals surface area (Å²) >= 11 is 0. The highest BCUT2D eigenvalue weighted by atomic mass is 32.2. The third kappa shape index (κ3) is 5.61. The van der Waals surface area contributed by atoms with Crippen molar-refractivity contribution < 1.29 is 22.4 Å². The molecule has 2 heterocycles. The fourth-order valence-electron chi connectivity index (χ4n) is 2.89. The zero-order valence-electron chi connectivity index (χ0n) is 14.4. The molecule has 136 valence electrons. The van der Waals surface area contributed by atoms with Gasteiger partial charge in [0.25, 0.3) is 0 Å². The number of nitrogens with zero attached hydrogens (tertiary/aromatic N) is 1. The Morgan fingerprint density at radius 3 is 2.75 bits per heavy atom. The second kappa shape index (κ2) is 8.13. The summed E-state index contributed by atoms with van der Waals surface area (Å²) in [5.41, 5.74) is 0. The first-order valence-electron chi connectivity index (χ1n) is 8.12. The van der Waals surface area contributed by atoms with Gasteiger partial charge in [0, 0.05) is 32.5 Å². The van der Waals surface area contributed by atoms with E-state index in [2.05, 4.69) is 10.2 Å². The number of nitrogens with one attached hydrogen (secondary N) is 1. The van der Waals surface area contributed by atoms with Gasteiger partial charge in [-0.15, -0.1) is 0 Å². The average Bonchev–Trinajstić information content (AvgIpc) is 3.08. The van der Waals surface area contributed by atoms with Crippen molar-refractivity contribution in [2.75, 3.05) is 44.9 Å². The number of aryl methyl sites for hydroxylation is 1. The van der Waals surface area contributed by atoms with E-state index in [1.165, 1.54) is 6.26 Å². The van der Waals surface area contributed by atoms with Crippen LogP contribution < -0.4 is 5.32 Å². The maximum Gasteiger partial charge on any atom is 0.246 e. The molecule has 0 spiro atoms.